The van der Waals surface area contributed by atoms with Gasteiger partial charge in [-0.15, -0.1) is 5.10 Å². The van der Waals surface area contributed by atoms with Crippen LogP contribution in [0.5, 0.6) is 5.75 Å². The number of nitrogens with zero attached hydrogens (tertiary/aromatic N) is 3. The third-order valence-electron chi connectivity index (χ3n) is 3.60. The summed E-state index contributed by atoms with van der Waals surface area (Å²) in [5.74, 6) is 1.63. The van der Waals surface area contributed by atoms with E-state index in [0.29, 0.717) is 21.8 Å². The Morgan fingerprint density at radius 3 is 2.89 bits per heavy atom. The third-order valence-corrected chi connectivity index (χ3v) is 4.78. The normalized spacial score (nSPS) is 11.8. The summed E-state index contributed by atoms with van der Waals surface area (Å²) in [6.07, 6.45) is 1.48. The number of hydrogen-bond acceptors (Lipinski definition) is 6. The Bertz CT molecular complexity index is 916. The lowest BCUT2D eigenvalue weighted by Gasteiger charge is -2.09. The van der Waals surface area contributed by atoms with Crippen molar-refractivity contribution in [2.75, 3.05) is 5.32 Å². The number of anilines is 1. The fourth-order valence-electron chi connectivity index (χ4n) is 2.15. The molecule has 140 valence electrons. The van der Waals surface area contributed by atoms with Crippen molar-refractivity contribution < 1.29 is 9.53 Å². The van der Waals surface area contributed by atoms with Crippen LogP contribution in [0.3, 0.4) is 0 Å². The van der Waals surface area contributed by atoms with Crippen LogP contribution >= 0.6 is 23.4 Å². The summed E-state index contributed by atoms with van der Waals surface area (Å²) in [6, 6.07) is 11.1. The molecule has 7 nitrogen and oxygen atoms in total. The van der Waals surface area contributed by atoms with Crippen LogP contribution in [0.2, 0.25) is 5.02 Å². The number of thioether (sulfide) groups is 1. The van der Waals surface area contributed by atoms with E-state index < -0.39 is 5.25 Å². The molecule has 0 aliphatic rings. The van der Waals surface area contributed by atoms with Gasteiger partial charge in [0, 0.05) is 6.20 Å². The number of aryl methyl sites for hydroxylation is 1. The SMILES string of the molecule is Cc1ccccc1OCc1nc(S[C@H](C)C(=O)Nc2ccc(Cl)cn2)n[nH]1. The highest BCUT2D eigenvalue weighted by molar-refractivity contribution is 8.00. The topological polar surface area (TPSA) is 92.8 Å². The monoisotopic (exact) mass is 403 g/mol. The zero-order valence-corrected chi connectivity index (χ0v) is 16.3. The quantitative estimate of drug-likeness (QED) is 0.582. The Kier molecular flexibility index (Phi) is 6.31. The number of aromatic amines is 1. The van der Waals surface area contributed by atoms with Crippen LogP contribution in [0.1, 0.15) is 18.3 Å². The molecule has 0 bridgehead atoms. The molecule has 0 saturated carbocycles. The van der Waals surface area contributed by atoms with Crippen molar-refractivity contribution in [2.24, 2.45) is 0 Å². The molecule has 2 N–H and O–H groups in total. The smallest absolute Gasteiger partial charge is 0.238 e. The molecule has 1 aromatic carbocycles. The van der Waals surface area contributed by atoms with Gasteiger partial charge in [-0.25, -0.2) is 9.97 Å². The molecule has 0 radical (unpaired) electrons. The highest BCUT2D eigenvalue weighted by Gasteiger charge is 2.18. The highest BCUT2D eigenvalue weighted by atomic mass is 35.5. The maximum Gasteiger partial charge on any atom is 0.238 e. The number of para-hydroxylation sites is 1. The minimum Gasteiger partial charge on any atom is -0.485 e. The molecule has 0 spiro atoms. The second-order valence-corrected chi connectivity index (χ2v) is 7.47. The second kappa shape index (κ2) is 8.88. The lowest BCUT2D eigenvalue weighted by Crippen LogP contribution is -2.23. The largest absolute Gasteiger partial charge is 0.485 e. The van der Waals surface area contributed by atoms with Crippen molar-refractivity contribution in [1.82, 2.24) is 20.2 Å². The first-order chi connectivity index (χ1) is 13.0. The fourth-order valence-corrected chi connectivity index (χ4v) is 3.00. The van der Waals surface area contributed by atoms with Crippen molar-refractivity contribution in [2.45, 2.75) is 30.9 Å². The molecule has 27 heavy (non-hydrogen) atoms. The zero-order valence-electron chi connectivity index (χ0n) is 14.8. The van der Waals surface area contributed by atoms with Gasteiger partial charge < -0.3 is 10.1 Å². The molecule has 3 rings (SSSR count). The molecular formula is C18H18ClN5O2S. The predicted octanol–water partition coefficient (Wildman–Crippen LogP) is 3.86. The average molecular weight is 404 g/mol. The van der Waals surface area contributed by atoms with E-state index >= 15 is 0 Å². The molecule has 9 heteroatoms. The lowest BCUT2D eigenvalue weighted by atomic mass is 10.2. The molecule has 2 aromatic heterocycles. The summed E-state index contributed by atoms with van der Waals surface area (Å²) in [5.41, 5.74) is 1.05. The highest BCUT2D eigenvalue weighted by Crippen LogP contribution is 2.22. The number of ether oxygens (including phenoxy) is 1. The van der Waals surface area contributed by atoms with Gasteiger partial charge in [0.25, 0.3) is 0 Å². The Morgan fingerprint density at radius 1 is 1.33 bits per heavy atom. The van der Waals surface area contributed by atoms with Gasteiger partial charge in [-0.1, -0.05) is 41.6 Å². The Hall–Kier alpha value is -2.58. The number of carbonyl (C=O) groups is 1. The van der Waals surface area contributed by atoms with Crippen LogP contribution in [-0.2, 0) is 11.4 Å². The maximum atomic E-state index is 12.3. The molecular weight excluding hydrogens is 386 g/mol. The summed E-state index contributed by atoms with van der Waals surface area (Å²) in [7, 11) is 0. The number of benzene rings is 1. The maximum absolute atomic E-state index is 12.3. The summed E-state index contributed by atoms with van der Waals surface area (Å²) >= 11 is 7.03. The van der Waals surface area contributed by atoms with E-state index in [1.54, 1.807) is 19.1 Å². The van der Waals surface area contributed by atoms with Crippen molar-refractivity contribution in [3.05, 3.63) is 59.0 Å². The van der Waals surface area contributed by atoms with Gasteiger partial charge in [-0.3, -0.25) is 9.89 Å². The minimum atomic E-state index is -0.400. The lowest BCUT2D eigenvalue weighted by molar-refractivity contribution is -0.115. The van der Waals surface area contributed by atoms with E-state index in [9.17, 15) is 4.79 Å². The van der Waals surface area contributed by atoms with Crippen LogP contribution in [0.15, 0.2) is 47.8 Å². The first-order valence-corrected chi connectivity index (χ1v) is 9.46. The molecule has 1 atom stereocenters. The summed E-state index contributed by atoms with van der Waals surface area (Å²) in [5, 5.41) is 10.3. The van der Waals surface area contributed by atoms with E-state index in [2.05, 4.69) is 25.5 Å². The molecule has 0 aliphatic heterocycles. The molecule has 1 amide bonds. The van der Waals surface area contributed by atoms with Gasteiger partial charge in [-0.2, -0.15) is 0 Å². The number of halogens is 1. The average Bonchev–Trinajstić information content (AvgIpc) is 3.10. The van der Waals surface area contributed by atoms with Gasteiger partial charge in [0.2, 0.25) is 11.1 Å². The number of aromatic nitrogens is 4. The van der Waals surface area contributed by atoms with E-state index in [-0.39, 0.29) is 12.5 Å². The van der Waals surface area contributed by atoms with Gasteiger partial charge in [0.15, 0.2) is 5.82 Å². The number of H-pyrrole nitrogens is 1. The first kappa shape index (κ1) is 19.2. The van der Waals surface area contributed by atoms with Crippen molar-refractivity contribution in [3.63, 3.8) is 0 Å². The molecule has 0 fully saturated rings. The number of nitrogens with one attached hydrogen (secondary N) is 2. The van der Waals surface area contributed by atoms with E-state index in [4.69, 9.17) is 16.3 Å². The van der Waals surface area contributed by atoms with Crippen LogP contribution in [-0.4, -0.2) is 31.3 Å². The van der Waals surface area contributed by atoms with Gasteiger partial charge >= 0.3 is 0 Å². The van der Waals surface area contributed by atoms with Crippen LogP contribution in [0.4, 0.5) is 5.82 Å². The Morgan fingerprint density at radius 2 is 2.15 bits per heavy atom. The molecule has 3 aromatic rings. The minimum absolute atomic E-state index is 0.197. The van der Waals surface area contributed by atoms with Crippen LogP contribution < -0.4 is 10.1 Å². The summed E-state index contributed by atoms with van der Waals surface area (Å²) in [4.78, 5) is 20.7. The number of rotatable bonds is 7. The molecule has 0 unspecified atom stereocenters. The van der Waals surface area contributed by atoms with Crippen molar-refractivity contribution in [1.29, 1.82) is 0 Å². The third kappa shape index (κ3) is 5.45. The summed E-state index contributed by atoms with van der Waals surface area (Å²) < 4.78 is 5.74. The number of hydrogen-bond donors (Lipinski definition) is 2. The second-order valence-electron chi connectivity index (χ2n) is 5.73. The van der Waals surface area contributed by atoms with Crippen LogP contribution in [0, 0.1) is 6.92 Å². The van der Waals surface area contributed by atoms with Gasteiger partial charge in [0.1, 0.15) is 18.2 Å². The molecule has 0 saturated heterocycles. The fraction of sp³-hybridized carbons (Fsp3) is 0.222. The Balaban J connectivity index is 1.52. The number of pyridine rings is 1. The van der Waals surface area contributed by atoms with Gasteiger partial charge in [-0.05, 0) is 37.6 Å². The zero-order chi connectivity index (χ0) is 19.2. The standard InChI is InChI=1S/C18H18ClN5O2S/c1-11-5-3-4-6-14(11)26-10-16-22-18(24-23-16)27-12(2)17(25)21-15-8-7-13(19)9-20-15/h3-9,12H,10H2,1-2H3,(H,20,21,25)(H,22,23,24)/t12-/m1/s1. The first-order valence-electron chi connectivity index (χ1n) is 8.20. The number of amides is 1. The predicted molar refractivity (Wildman–Crippen MR) is 105 cm³/mol. The van der Waals surface area contributed by atoms with Crippen molar-refractivity contribution >= 4 is 35.1 Å². The van der Waals surface area contributed by atoms with E-state index in [1.807, 2.05) is 31.2 Å². The van der Waals surface area contributed by atoms with Crippen LogP contribution in [0.25, 0.3) is 0 Å². The molecule has 2 heterocycles. The summed E-state index contributed by atoms with van der Waals surface area (Å²) in [6.45, 7) is 4.02. The number of carbonyl (C=O) groups excluding carboxylic acids is 1. The Labute approximate surface area is 165 Å². The van der Waals surface area contributed by atoms with Crippen molar-refractivity contribution in [3.8, 4) is 5.75 Å². The van der Waals surface area contributed by atoms with E-state index in [1.165, 1.54) is 18.0 Å². The van der Waals surface area contributed by atoms with E-state index in [0.717, 1.165) is 11.3 Å². The van der Waals surface area contributed by atoms with Gasteiger partial charge in [0.05, 0.1) is 10.3 Å². The molecule has 0 aliphatic carbocycles.